The van der Waals surface area contributed by atoms with Gasteiger partial charge in [0.15, 0.2) is 0 Å². The van der Waals surface area contributed by atoms with Crippen molar-refractivity contribution in [2.45, 2.75) is 19.9 Å². The molecule has 5 nitrogen and oxygen atoms in total. The highest BCUT2D eigenvalue weighted by molar-refractivity contribution is 6.30. The van der Waals surface area contributed by atoms with Crippen LogP contribution in [0.3, 0.4) is 0 Å². The lowest BCUT2D eigenvalue weighted by Crippen LogP contribution is -2.33. The predicted octanol–water partition coefficient (Wildman–Crippen LogP) is 1.81. The summed E-state index contributed by atoms with van der Waals surface area (Å²) in [5.74, 6) is -0.332. The highest BCUT2D eigenvalue weighted by atomic mass is 35.5. The van der Waals surface area contributed by atoms with Crippen LogP contribution in [0.4, 0.5) is 0 Å². The number of aromatic nitrogens is 2. The highest BCUT2D eigenvalue weighted by Crippen LogP contribution is 2.23. The van der Waals surface area contributed by atoms with E-state index in [2.05, 4.69) is 4.98 Å². The maximum atomic E-state index is 11.8. The number of hydrogen-bond donors (Lipinski definition) is 2. The van der Waals surface area contributed by atoms with Crippen molar-refractivity contribution in [1.82, 2.24) is 9.55 Å². The maximum absolute atomic E-state index is 11.8. The van der Waals surface area contributed by atoms with E-state index in [0.717, 1.165) is 10.1 Å². The molecular weight excluding hydrogens is 268 g/mol. The van der Waals surface area contributed by atoms with Gasteiger partial charge in [-0.15, -0.1) is 0 Å². The minimum Gasteiger partial charge on any atom is -0.494 e. The van der Waals surface area contributed by atoms with Crippen LogP contribution in [0.25, 0.3) is 0 Å². The molecule has 6 heteroatoms. The first-order valence-corrected chi connectivity index (χ1v) is 6.09. The summed E-state index contributed by atoms with van der Waals surface area (Å²) in [5, 5.41) is 10.5. The third kappa shape index (κ3) is 2.42. The molecule has 0 saturated carbocycles. The van der Waals surface area contributed by atoms with Gasteiger partial charge >= 0.3 is 5.69 Å². The molecular formula is C13H13ClN2O3. The number of halogens is 1. The molecule has 1 unspecified atom stereocenters. The van der Waals surface area contributed by atoms with E-state index < -0.39 is 17.3 Å². The third-order valence-electron chi connectivity index (χ3n) is 3.06. The van der Waals surface area contributed by atoms with Crippen LogP contribution in [0.5, 0.6) is 5.88 Å². The fourth-order valence-electron chi connectivity index (χ4n) is 1.90. The largest absolute Gasteiger partial charge is 0.494 e. The van der Waals surface area contributed by atoms with Gasteiger partial charge in [-0.25, -0.2) is 4.79 Å². The number of aromatic amines is 1. The van der Waals surface area contributed by atoms with Gasteiger partial charge in [0.2, 0.25) is 5.88 Å². The van der Waals surface area contributed by atoms with Gasteiger partial charge in [-0.05, 0) is 31.5 Å². The monoisotopic (exact) mass is 280 g/mol. The number of nitrogens with one attached hydrogen (secondary N) is 1. The summed E-state index contributed by atoms with van der Waals surface area (Å²) in [6, 6.07) is 6.54. The van der Waals surface area contributed by atoms with E-state index in [1.807, 2.05) is 0 Å². The Hall–Kier alpha value is -2.01. The van der Waals surface area contributed by atoms with Gasteiger partial charge in [-0.3, -0.25) is 14.3 Å². The molecule has 0 bridgehead atoms. The average molecular weight is 281 g/mol. The van der Waals surface area contributed by atoms with Crippen molar-refractivity contribution in [3.63, 3.8) is 0 Å². The predicted molar refractivity (Wildman–Crippen MR) is 73.0 cm³/mol. The number of H-pyrrole nitrogens is 1. The Labute approximate surface area is 114 Å². The number of benzene rings is 1. The van der Waals surface area contributed by atoms with Crippen LogP contribution in [0, 0.1) is 6.92 Å². The molecule has 1 aromatic heterocycles. The number of aromatic hydroxyl groups is 1. The Kier molecular flexibility index (Phi) is 3.48. The van der Waals surface area contributed by atoms with Crippen molar-refractivity contribution < 1.29 is 5.11 Å². The Morgan fingerprint density at radius 1 is 1.37 bits per heavy atom. The second kappa shape index (κ2) is 4.93. The molecule has 0 spiro atoms. The van der Waals surface area contributed by atoms with Crippen LogP contribution in [0.2, 0.25) is 5.02 Å². The van der Waals surface area contributed by atoms with Crippen LogP contribution in [0.15, 0.2) is 33.9 Å². The third-order valence-corrected chi connectivity index (χ3v) is 3.30. The SMILES string of the molecule is Cc1c(O)n(C(C)c2cccc(Cl)c2)c(=O)[nH]c1=O. The molecule has 2 rings (SSSR count). The van der Waals surface area contributed by atoms with E-state index in [1.165, 1.54) is 6.92 Å². The van der Waals surface area contributed by atoms with Gasteiger partial charge in [-0.1, -0.05) is 23.7 Å². The minimum atomic E-state index is -0.652. The Morgan fingerprint density at radius 3 is 2.68 bits per heavy atom. The summed E-state index contributed by atoms with van der Waals surface area (Å²) in [6.07, 6.45) is 0. The summed E-state index contributed by atoms with van der Waals surface area (Å²) >= 11 is 5.90. The first-order valence-electron chi connectivity index (χ1n) is 5.71. The zero-order valence-corrected chi connectivity index (χ0v) is 11.2. The van der Waals surface area contributed by atoms with Crippen molar-refractivity contribution in [1.29, 1.82) is 0 Å². The number of nitrogens with zero attached hydrogens (tertiary/aromatic N) is 1. The molecule has 100 valence electrons. The van der Waals surface area contributed by atoms with Crippen molar-refractivity contribution in [2.75, 3.05) is 0 Å². The molecule has 0 aliphatic carbocycles. The first-order chi connectivity index (χ1) is 8.91. The van der Waals surface area contributed by atoms with Crippen LogP contribution in [-0.2, 0) is 0 Å². The fraction of sp³-hybridized carbons (Fsp3) is 0.231. The molecule has 0 aliphatic heterocycles. The molecule has 19 heavy (non-hydrogen) atoms. The quantitative estimate of drug-likeness (QED) is 0.881. The summed E-state index contributed by atoms with van der Waals surface area (Å²) < 4.78 is 1.13. The van der Waals surface area contributed by atoms with Crippen LogP contribution >= 0.6 is 11.6 Å². The molecule has 2 aromatic rings. The Morgan fingerprint density at radius 2 is 2.05 bits per heavy atom. The molecule has 0 amide bonds. The van der Waals surface area contributed by atoms with Gasteiger partial charge in [0.1, 0.15) is 0 Å². The maximum Gasteiger partial charge on any atom is 0.331 e. The molecule has 2 N–H and O–H groups in total. The van der Waals surface area contributed by atoms with Gasteiger partial charge in [0.05, 0.1) is 11.6 Å². The normalized spacial score (nSPS) is 12.4. The van der Waals surface area contributed by atoms with Crippen LogP contribution in [-0.4, -0.2) is 14.7 Å². The minimum absolute atomic E-state index is 0.105. The van der Waals surface area contributed by atoms with Crippen molar-refractivity contribution in [3.05, 3.63) is 61.3 Å². The molecule has 0 aliphatic rings. The van der Waals surface area contributed by atoms with Crippen molar-refractivity contribution in [2.24, 2.45) is 0 Å². The summed E-state index contributed by atoms with van der Waals surface area (Å²) in [5.41, 5.74) is -0.373. The highest BCUT2D eigenvalue weighted by Gasteiger charge is 2.17. The van der Waals surface area contributed by atoms with E-state index in [-0.39, 0.29) is 11.4 Å². The van der Waals surface area contributed by atoms with E-state index in [4.69, 9.17) is 11.6 Å². The molecule has 0 radical (unpaired) electrons. The van der Waals surface area contributed by atoms with Crippen LogP contribution < -0.4 is 11.2 Å². The molecule has 0 saturated heterocycles. The number of hydrogen-bond acceptors (Lipinski definition) is 3. The van der Waals surface area contributed by atoms with Gasteiger partial charge in [0.25, 0.3) is 5.56 Å². The molecule has 1 atom stereocenters. The second-order valence-electron chi connectivity index (χ2n) is 4.31. The van der Waals surface area contributed by atoms with Crippen molar-refractivity contribution in [3.8, 4) is 5.88 Å². The lowest BCUT2D eigenvalue weighted by Gasteiger charge is -2.17. The second-order valence-corrected chi connectivity index (χ2v) is 4.75. The van der Waals surface area contributed by atoms with Crippen molar-refractivity contribution >= 4 is 11.6 Å². The lowest BCUT2D eigenvalue weighted by molar-refractivity contribution is 0.384. The van der Waals surface area contributed by atoms with E-state index >= 15 is 0 Å². The smallest absolute Gasteiger partial charge is 0.331 e. The Balaban J connectivity index is 2.63. The van der Waals surface area contributed by atoms with Gasteiger partial charge in [-0.2, -0.15) is 0 Å². The zero-order chi connectivity index (χ0) is 14.2. The van der Waals surface area contributed by atoms with E-state index in [9.17, 15) is 14.7 Å². The zero-order valence-electron chi connectivity index (χ0n) is 10.5. The summed E-state index contributed by atoms with van der Waals surface area (Å²) in [4.78, 5) is 25.4. The molecule has 1 aromatic carbocycles. The fourth-order valence-corrected chi connectivity index (χ4v) is 2.10. The molecule has 1 heterocycles. The van der Waals surface area contributed by atoms with E-state index in [1.54, 1.807) is 31.2 Å². The molecule has 0 fully saturated rings. The number of rotatable bonds is 2. The van der Waals surface area contributed by atoms with Gasteiger partial charge < -0.3 is 5.11 Å². The van der Waals surface area contributed by atoms with Gasteiger partial charge in [0, 0.05) is 5.02 Å². The van der Waals surface area contributed by atoms with E-state index in [0.29, 0.717) is 5.02 Å². The Bertz CT molecular complexity index is 733. The standard InChI is InChI=1S/C13H13ClN2O3/c1-7-11(17)15-13(19)16(12(7)18)8(2)9-4-3-5-10(14)6-9/h3-6,8,18H,1-2H3,(H,15,17,19). The summed E-state index contributed by atoms with van der Waals surface area (Å²) in [6.45, 7) is 3.19. The average Bonchev–Trinajstić information content (AvgIpc) is 2.36. The lowest BCUT2D eigenvalue weighted by atomic mass is 10.1. The topological polar surface area (TPSA) is 75.1 Å². The summed E-state index contributed by atoms with van der Waals surface area (Å²) in [7, 11) is 0. The van der Waals surface area contributed by atoms with Crippen LogP contribution in [0.1, 0.15) is 24.1 Å². The first kappa shape index (κ1) is 13.4.